The van der Waals surface area contributed by atoms with E-state index in [0.717, 1.165) is 5.56 Å². The monoisotopic (exact) mass is 472 g/mol. The van der Waals surface area contributed by atoms with Crippen LogP contribution in [0, 0.1) is 0 Å². The maximum absolute atomic E-state index is 10.4. The van der Waals surface area contributed by atoms with E-state index in [4.69, 9.17) is 34.8 Å². The Labute approximate surface area is 189 Å². The molecule has 0 bridgehead atoms. The zero-order valence-corrected chi connectivity index (χ0v) is 17.9. The van der Waals surface area contributed by atoms with Gasteiger partial charge in [-0.25, -0.2) is 0 Å². The number of benzene rings is 2. The van der Waals surface area contributed by atoms with Crippen LogP contribution in [0.4, 0.5) is 0 Å². The molecule has 1 aromatic heterocycles. The van der Waals surface area contributed by atoms with Crippen LogP contribution in [0.15, 0.2) is 89.6 Å². The molecule has 29 heavy (non-hydrogen) atoms. The molecule has 0 saturated heterocycles. The number of carbonyl (C=O) groups excluding carboxylic acids is 3. The van der Waals surface area contributed by atoms with Crippen LogP contribution in [0.25, 0.3) is 6.08 Å². The topological polar surface area (TPSA) is 64.3 Å². The van der Waals surface area contributed by atoms with Crippen molar-refractivity contribution in [3.05, 3.63) is 102 Å². The highest BCUT2D eigenvalue weighted by molar-refractivity contribution is 6.68. The lowest BCUT2D eigenvalue weighted by atomic mass is 10.2. The van der Waals surface area contributed by atoms with Crippen LogP contribution in [0.5, 0.6) is 0 Å². The Morgan fingerprint density at radius 1 is 0.724 bits per heavy atom. The van der Waals surface area contributed by atoms with E-state index in [2.05, 4.69) is 4.42 Å². The molecule has 8 heteroatoms. The van der Waals surface area contributed by atoms with Crippen molar-refractivity contribution in [1.29, 1.82) is 0 Å². The van der Waals surface area contributed by atoms with Gasteiger partial charge < -0.3 is 4.42 Å². The third-order valence-corrected chi connectivity index (χ3v) is 3.45. The first-order valence-corrected chi connectivity index (χ1v) is 8.94. The minimum absolute atomic E-state index is 0. The minimum atomic E-state index is -0.560. The molecule has 152 valence electrons. The number of halogens is 4. The molecular weight excluding hydrogens is 458 g/mol. The fourth-order valence-corrected chi connectivity index (χ4v) is 1.98. The summed E-state index contributed by atoms with van der Waals surface area (Å²) in [7, 11) is 0. The van der Waals surface area contributed by atoms with Gasteiger partial charge in [0.2, 0.25) is 5.24 Å². The summed E-state index contributed by atoms with van der Waals surface area (Å²) in [5.74, 6) is 0.187. The second kappa shape index (κ2) is 15.5. The van der Waals surface area contributed by atoms with Gasteiger partial charge in [0.1, 0.15) is 0 Å². The lowest BCUT2D eigenvalue weighted by Crippen LogP contribution is -1.84. The van der Waals surface area contributed by atoms with E-state index in [-0.39, 0.29) is 18.2 Å². The summed E-state index contributed by atoms with van der Waals surface area (Å²) in [4.78, 5) is 30.9. The van der Waals surface area contributed by atoms with Crippen molar-refractivity contribution in [3.63, 3.8) is 0 Å². The highest BCUT2D eigenvalue weighted by atomic mass is 35.5. The Hall–Kier alpha value is -2.37. The molecule has 2 aromatic carbocycles. The van der Waals surface area contributed by atoms with Crippen molar-refractivity contribution in [3.8, 4) is 0 Å². The van der Waals surface area contributed by atoms with Crippen LogP contribution in [-0.4, -0.2) is 15.7 Å². The third kappa shape index (κ3) is 12.7. The minimum Gasteiger partial charge on any atom is -0.460 e. The summed E-state index contributed by atoms with van der Waals surface area (Å²) in [6.45, 7) is 0. The molecule has 3 rings (SSSR count). The molecule has 0 atom stereocenters. The van der Waals surface area contributed by atoms with Crippen LogP contribution in [0.1, 0.15) is 26.5 Å². The van der Waals surface area contributed by atoms with E-state index in [1.807, 2.05) is 36.4 Å². The van der Waals surface area contributed by atoms with Gasteiger partial charge in [0.05, 0.1) is 6.26 Å². The van der Waals surface area contributed by atoms with E-state index < -0.39 is 15.7 Å². The zero-order valence-electron chi connectivity index (χ0n) is 14.8. The number of carbonyl (C=O) groups is 3. The van der Waals surface area contributed by atoms with Gasteiger partial charge in [0, 0.05) is 5.56 Å². The van der Waals surface area contributed by atoms with E-state index in [0.29, 0.717) is 5.56 Å². The van der Waals surface area contributed by atoms with Crippen LogP contribution in [0.3, 0.4) is 0 Å². The Morgan fingerprint density at radius 3 is 1.62 bits per heavy atom. The van der Waals surface area contributed by atoms with Gasteiger partial charge in [-0.05, 0) is 58.6 Å². The Bertz CT molecular complexity index is 893. The second-order valence-electron chi connectivity index (χ2n) is 4.94. The van der Waals surface area contributed by atoms with Crippen LogP contribution < -0.4 is 0 Å². The van der Waals surface area contributed by atoms with Crippen molar-refractivity contribution in [1.82, 2.24) is 0 Å². The molecule has 3 aromatic rings. The van der Waals surface area contributed by atoms with E-state index >= 15 is 0 Å². The summed E-state index contributed by atoms with van der Waals surface area (Å²) in [6, 6.07) is 21.4. The SMILES string of the molecule is Cl.O=C(Cl)C=Cc1ccccc1.O=C(Cl)c1ccccc1.O=C(Cl)c1ccco1. The Kier molecular flexibility index (Phi) is 14.3. The maximum atomic E-state index is 10.4. The van der Waals surface area contributed by atoms with Gasteiger partial charge in [0.25, 0.3) is 10.5 Å². The predicted octanol–water partition coefficient (Wildman–Crippen LogP) is 6.61. The van der Waals surface area contributed by atoms with Crippen LogP contribution in [0.2, 0.25) is 0 Å². The average molecular weight is 474 g/mol. The molecule has 0 unspecified atom stereocenters. The molecule has 0 spiro atoms. The fraction of sp³-hybridized carbons (Fsp3) is 0. The molecule has 0 N–H and O–H groups in total. The first-order chi connectivity index (χ1) is 13.4. The van der Waals surface area contributed by atoms with Gasteiger partial charge in [0.15, 0.2) is 5.76 Å². The number of allylic oxidation sites excluding steroid dienone is 1. The van der Waals surface area contributed by atoms with Gasteiger partial charge in [-0.1, -0.05) is 66.7 Å². The largest absolute Gasteiger partial charge is 0.460 e. The molecule has 0 amide bonds. The van der Waals surface area contributed by atoms with Gasteiger partial charge in [-0.2, -0.15) is 0 Å². The highest BCUT2D eigenvalue weighted by Crippen LogP contribution is 2.03. The van der Waals surface area contributed by atoms with Gasteiger partial charge >= 0.3 is 0 Å². The lowest BCUT2D eigenvalue weighted by Gasteiger charge is -1.87. The molecule has 4 nitrogen and oxygen atoms in total. The van der Waals surface area contributed by atoms with Gasteiger partial charge in [-0.15, -0.1) is 12.4 Å². The normalized spacial score (nSPS) is 9.21. The maximum Gasteiger partial charge on any atom is 0.287 e. The van der Waals surface area contributed by atoms with Crippen LogP contribution in [-0.2, 0) is 4.79 Å². The molecular formula is C21H16Cl4O4. The van der Waals surface area contributed by atoms with Crippen molar-refractivity contribution in [2.24, 2.45) is 0 Å². The molecule has 1 heterocycles. The molecule has 0 radical (unpaired) electrons. The Morgan fingerprint density at radius 2 is 1.28 bits per heavy atom. The van der Waals surface area contributed by atoms with Crippen molar-refractivity contribution in [2.75, 3.05) is 0 Å². The van der Waals surface area contributed by atoms with Crippen molar-refractivity contribution in [2.45, 2.75) is 0 Å². The van der Waals surface area contributed by atoms with Crippen LogP contribution >= 0.6 is 47.2 Å². The number of furan rings is 1. The average Bonchev–Trinajstić information content (AvgIpc) is 3.24. The van der Waals surface area contributed by atoms with E-state index in [9.17, 15) is 14.4 Å². The summed E-state index contributed by atoms with van der Waals surface area (Å²) < 4.78 is 4.61. The third-order valence-electron chi connectivity index (χ3n) is 2.92. The number of hydrogen-bond donors (Lipinski definition) is 0. The van der Waals surface area contributed by atoms with Crippen molar-refractivity contribution >= 4 is 69.0 Å². The number of rotatable bonds is 4. The first kappa shape index (κ1) is 26.6. The fourth-order valence-electron chi connectivity index (χ4n) is 1.69. The molecule has 0 fully saturated rings. The smallest absolute Gasteiger partial charge is 0.287 e. The zero-order chi connectivity index (χ0) is 20.8. The predicted molar refractivity (Wildman–Crippen MR) is 119 cm³/mol. The Balaban J connectivity index is 0.000000404. The molecule has 0 aliphatic heterocycles. The number of hydrogen-bond acceptors (Lipinski definition) is 4. The van der Waals surface area contributed by atoms with E-state index in [1.165, 1.54) is 18.4 Å². The molecule has 0 saturated carbocycles. The standard InChI is InChI=1S/C9H7ClO.C7H5ClO.C5H3ClO2.ClH/c10-9(11)7-6-8-4-2-1-3-5-8;8-7(9)6-4-2-1-3-5-6;6-5(7)4-2-1-3-8-4;/h1-7H;1-5H;1-3H;1H. The quantitative estimate of drug-likeness (QED) is 0.315. The van der Waals surface area contributed by atoms with Crippen molar-refractivity contribution < 1.29 is 18.8 Å². The van der Waals surface area contributed by atoms with Gasteiger partial charge in [-0.3, -0.25) is 14.4 Å². The molecule has 0 aliphatic rings. The summed E-state index contributed by atoms with van der Waals surface area (Å²) >= 11 is 15.3. The summed E-state index contributed by atoms with van der Waals surface area (Å²) in [5.41, 5.74) is 1.51. The first-order valence-electron chi connectivity index (χ1n) is 7.81. The highest BCUT2D eigenvalue weighted by Gasteiger charge is 2.01. The summed E-state index contributed by atoms with van der Waals surface area (Å²) in [5, 5.41) is -1.42. The van der Waals surface area contributed by atoms with E-state index in [1.54, 1.807) is 36.4 Å². The molecule has 0 aliphatic carbocycles. The lowest BCUT2D eigenvalue weighted by molar-refractivity contribution is -0.107. The summed E-state index contributed by atoms with van der Waals surface area (Å²) in [6.07, 6.45) is 4.40. The second-order valence-corrected chi connectivity index (χ2v) is 6.00.